The molecule has 4 nitrogen and oxygen atoms in total. The van der Waals surface area contributed by atoms with Crippen LogP contribution in [0.4, 0.5) is 0 Å². The maximum Gasteiger partial charge on any atom is 0.238 e. The highest BCUT2D eigenvalue weighted by Gasteiger charge is 2.30. The molecule has 0 aliphatic heterocycles. The zero-order valence-corrected chi connectivity index (χ0v) is 13.5. The van der Waals surface area contributed by atoms with Crippen LogP contribution in [0.25, 0.3) is 0 Å². The third-order valence-corrected chi connectivity index (χ3v) is 4.88. The monoisotopic (exact) mass is 297 g/mol. The van der Waals surface area contributed by atoms with Gasteiger partial charge < -0.3 is 5.32 Å². The van der Waals surface area contributed by atoms with Crippen LogP contribution in [0, 0.1) is 6.92 Å². The number of hydrogen-bond donors (Lipinski definition) is 1. The molecule has 0 saturated carbocycles. The van der Waals surface area contributed by atoms with Gasteiger partial charge in [-0.25, -0.2) is 8.42 Å². The molecule has 0 unspecified atom stereocenters. The SMILES string of the molecule is Cc1cccc(CS(=O)(=O)[C@@H](C)C(=O)NC(C)(C)C)c1. The maximum absolute atomic E-state index is 12.3. The van der Waals surface area contributed by atoms with E-state index in [2.05, 4.69) is 5.32 Å². The topological polar surface area (TPSA) is 63.2 Å². The van der Waals surface area contributed by atoms with Crippen molar-refractivity contribution in [2.24, 2.45) is 0 Å². The molecule has 0 fully saturated rings. The first-order valence-corrected chi connectivity index (χ1v) is 8.32. The Balaban J connectivity index is 2.86. The summed E-state index contributed by atoms with van der Waals surface area (Å²) in [4.78, 5) is 12.0. The van der Waals surface area contributed by atoms with Crippen molar-refractivity contribution in [3.05, 3.63) is 35.4 Å². The fourth-order valence-corrected chi connectivity index (χ4v) is 3.07. The van der Waals surface area contributed by atoms with E-state index in [1.807, 2.05) is 45.9 Å². The zero-order valence-electron chi connectivity index (χ0n) is 12.7. The summed E-state index contributed by atoms with van der Waals surface area (Å²) >= 11 is 0. The van der Waals surface area contributed by atoms with Gasteiger partial charge >= 0.3 is 0 Å². The molecule has 0 aromatic heterocycles. The third-order valence-electron chi connectivity index (χ3n) is 2.86. The predicted octanol–water partition coefficient (Wildman–Crippen LogP) is 2.21. The van der Waals surface area contributed by atoms with Crippen molar-refractivity contribution in [2.75, 3.05) is 0 Å². The minimum Gasteiger partial charge on any atom is -0.350 e. The van der Waals surface area contributed by atoms with Crippen molar-refractivity contribution in [3.63, 3.8) is 0 Å². The lowest BCUT2D eigenvalue weighted by atomic mass is 10.1. The van der Waals surface area contributed by atoms with Crippen LogP contribution in [0.2, 0.25) is 0 Å². The molecule has 0 aliphatic rings. The molecule has 1 N–H and O–H groups in total. The minimum absolute atomic E-state index is 0.118. The number of benzene rings is 1. The molecule has 1 aromatic carbocycles. The molecule has 0 saturated heterocycles. The normalized spacial score (nSPS) is 13.8. The number of sulfone groups is 1. The molecule has 0 spiro atoms. The van der Waals surface area contributed by atoms with Crippen LogP contribution >= 0.6 is 0 Å². The Morgan fingerprint density at radius 1 is 1.30 bits per heavy atom. The van der Waals surface area contributed by atoms with Crippen molar-refractivity contribution in [1.82, 2.24) is 5.32 Å². The lowest BCUT2D eigenvalue weighted by Crippen LogP contribution is -2.47. The molecule has 0 radical (unpaired) electrons. The molecule has 1 amide bonds. The van der Waals surface area contributed by atoms with Crippen molar-refractivity contribution in [3.8, 4) is 0 Å². The summed E-state index contributed by atoms with van der Waals surface area (Å²) < 4.78 is 24.6. The van der Waals surface area contributed by atoms with Gasteiger partial charge in [0.05, 0.1) is 5.75 Å². The van der Waals surface area contributed by atoms with Crippen molar-refractivity contribution in [2.45, 2.75) is 51.2 Å². The summed E-state index contributed by atoms with van der Waals surface area (Å²) in [5, 5.41) is 1.65. The number of hydrogen-bond acceptors (Lipinski definition) is 3. The van der Waals surface area contributed by atoms with E-state index >= 15 is 0 Å². The fraction of sp³-hybridized carbons (Fsp3) is 0.533. The van der Waals surface area contributed by atoms with Crippen molar-refractivity contribution in [1.29, 1.82) is 0 Å². The summed E-state index contributed by atoms with van der Waals surface area (Å²) in [6, 6.07) is 7.32. The van der Waals surface area contributed by atoms with Crippen molar-refractivity contribution < 1.29 is 13.2 Å². The van der Waals surface area contributed by atoms with Gasteiger partial charge in [0.1, 0.15) is 5.25 Å². The van der Waals surface area contributed by atoms with Gasteiger partial charge in [-0.05, 0) is 40.2 Å². The molecule has 1 atom stereocenters. The van der Waals surface area contributed by atoms with Crippen LogP contribution in [0.1, 0.15) is 38.8 Å². The number of nitrogens with one attached hydrogen (secondary N) is 1. The van der Waals surface area contributed by atoms with Gasteiger partial charge in [-0.15, -0.1) is 0 Å². The smallest absolute Gasteiger partial charge is 0.238 e. The standard InChI is InChI=1S/C15H23NO3S/c1-11-7-6-8-13(9-11)10-20(18,19)12(2)14(17)16-15(3,4)5/h6-9,12H,10H2,1-5H3,(H,16,17)/t12-/m0/s1. The minimum atomic E-state index is -3.51. The fourth-order valence-electron chi connectivity index (χ4n) is 1.79. The van der Waals surface area contributed by atoms with Gasteiger partial charge in [0.2, 0.25) is 5.91 Å². The maximum atomic E-state index is 12.3. The highest BCUT2D eigenvalue weighted by molar-refractivity contribution is 7.92. The van der Waals surface area contributed by atoms with E-state index in [-0.39, 0.29) is 5.75 Å². The molecular weight excluding hydrogens is 274 g/mol. The van der Waals surface area contributed by atoms with Gasteiger partial charge in [0.15, 0.2) is 9.84 Å². The second-order valence-electron chi connectivity index (χ2n) is 6.18. The van der Waals surface area contributed by atoms with Gasteiger partial charge in [0, 0.05) is 5.54 Å². The molecule has 1 aromatic rings. The Bertz CT molecular complexity index is 585. The summed E-state index contributed by atoms with van der Waals surface area (Å²) in [6.45, 7) is 8.82. The molecule has 5 heteroatoms. The highest BCUT2D eigenvalue weighted by atomic mass is 32.2. The van der Waals surface area contributed by atoms with Gasteiger partial charge in [-0.3, -0.25) is 4.79 Å². The van der Waals surface area contributed by atoms with E-state index in [0.717, 1.165) is 5.56 Å². The van der Waals surface area contributed by atoms with Crippen LogP contribution in [0.3, 0.4) is 0 Å². The zero-order chi connectivity index (χ0) is 15.6. The first-order valence-electron chi connectivity index (χ1n) is 6.60. The molecular formula is C15H23NO3S. The molecule has 1 rings (SSSR count). The van der Waals surface area contributed by atoms with E-state index in [1.165, 1.54) is 6.92 Å². The Morgan fingerprint density at radius 2 is 1.90 bits per heavy atom. The van der Waals surface area contributed by atoms with E-state index in [9.17, 15) is 13.2 Å². The molecule has 112 valence electrons. The van der Waals surface area contributed by atoms with Gasteiger partial charge in [0.25, 0.3) is 0 Å². The Labute approximate surface area is 121 Å². The number of amides is 1. The number of rotatable bonds is 4. The molecule has 0 heterocycles. The second kappa shape index (κ2) is 5.95. The van der Waals surface area contributed by atoms with Crippen LogP contribution < -0.4 is 5.32 Å². The van der Waals surface area contributed by atoms with Gasteiger partial charge in [-0.2, -0.15) is 0 Å². The first kappa shape index (κ1) is 16.7. The Morgan fingerprint density at radius 3 is 2.40 bits per heavy atom. The van der Waals surface area contributed by atoms with Crippen LogP contribution in [0.15, 0.2) is 24.3 Å². The third kappa shape index (κ3) is 4.96. The van der Waals surface area contributed by atoms with E-state index in [4.69, 9.17) is 0 Å². The summed E-state index contributed by atoms with van der Waals surface area (Å²) in [5.41, 5.74) is 1.27. The second-order valence-corrected chi connectivity index (χ2v) is 8.50. The average molecular weight is 297 g/mol. The van der Waals surface area contributed by atoms with E-state index in [1.54, 1.807) is 6.07 Å². The highest BCUT2D eigenvalue weighted by Crippen LogP contribution is 2.14. The van der Waals surface area contributed by atoms with Crippen LogP contribution in [0.5, 0.6) is 0 Å². The lowest BCUT2D eigenvalue weighted by molar-refractivity contribution is -0.121. The number of carbonyl (C=O) groups excluding carboxylic acids is 1. The largest absolute Gasteiger partial charge is 0.350 e. The summed E-state index contributed by atoms with van der Waals surface area (Å²) in [5.74, 6) is -0.571. The lowest BCUT2D eigenvalue weighted by Gasteiger charge is -2.23. The molecule has 20 heavy (non-hydrogen) atoms. The Kier molecular flexibility index (Phi) is 4.97. The number of carbonyl (C=O) groups is 1. The van der Waals surface area contributed by atoms with Crippen LogP contribution in [-0.4, -0.2) is 25.1 Å². The quantitative estimate of drug-likeness (QED) is 0.927. The first-order chi connectivity index (χ1) is 9.01. The molecule has 0 bridgehead atoms. The molecule has 0 aliphatic carbocycles. The summed E-state index contributed by atoms with van der Waals surface area (Å²) in [7, 11) is -3.51. The van der Waals surface area contributed by atoms with Gasteiger partial charge in [-0.1, -0.05) is 29.8 Å². The van der Waals surface area contributed by atoms with E-state index < -0.39 is 26.5 Å². The van der Waals surface area contributed by atoms with Crippen LogP contribution in [-0.2, 0) is 20.4 Å². The van der Waals surface area contributed by atoms with E-state index in [0.29, 0.717) is 5.56 Å². The Hall–Kier alpha value is -1.36. The summed E-state index contributed by atoms with van der Waals surface area (Å²) in [6.07, 6.45) is 0. The number of aryl methyl sites for hydroxylation is 1. The predicted molar refractivity (Wildman–Crippen MR) is 81.2 cm³/mol. The average Bonchev–Trinajstić information content (AvgIpc) is 2.24. The van der Waals surface area contributed by atoms with Crippen molar-refractivity contribution >= 4 is 15.7 Å².